The summed E-state index contributed by atoms with van der Waals surface area (Å²) in [6.07, 6.45) is 3.20. The van der Waals surface area contributed by atoms with Crippen molar-refractivity contribution in [1.29, 1.82) is 0 Å². The Hall–Kier alpha value is -1.49. The summed E-state index contributed by atoms with van der Waals surface area (Å²) in [5.41, 5.74) is 2.47. The van der Waals surface area contributed by atoms with Crippen LogP contribution in [0.25, 0.3) is 10.9 Å². The quantitative estimate of drug-likeness (QED) is 0.435. The Bertz CT molecular complexity index is 720. The molecular weight excluding hydrogens is 373 g/mol. The van der Waals surface area contributed by atoms with Crippen LogP contribution in [0.1, 0.15) is 18.1 Å². The number of nitrogens with zero attached hydrogens (tertiary/aromatic N) is 1. The maximum Gasteiger partial charge on any atom is 0.124 e. The molecule has 21 heavy (non-hydrogen) atoms. The average molecular weight is 391 g/mol. The van der Waals surface area contributed by atoms with Crippen LogP contribution in [0.5, 0.6) is 5.75 Å². The number of benzene rings is 2. The van der Waals surface area contributed by atoms with Gasteiger partial charge >= 0.3 is 0 Å². The molecule has 108 valence electrons. The number of hydrogen-bond donors (Lipinski definition) is 0. The molecule has 0 fully saturated rings. The predicted molar refractivity (Wildman–Crippen MR) is 96.2 cm³/mol. The normalized spacial score (nSPS) is 12.5. The van der Waals surface area contributed by atoms with Gasteiger partial charge in [-0.15, -0.1) is 0 Å². The van der Waals surface area contributed by atoms with E-state index < -0.39 is 0 Å². The third kappa shape index (κ3) is 3.23. The molecule has 0 aliphatic heterocycles. The van der Waals surface area contributed by atoms with Gasteiger partial charge in [0.15, 0.2) is 0 Å². The summed E-state index contributed by atoms with van der Waals surface area (Å²) < 4.78 is 9.44. The van der Waals surface area contributed by atoms with Crippen LogP contribution >= 0.6 is 22.6 Å². The molecule has 3 rings (SSSR count). The largest absolute Gasteiger partial charge is 0.486 e. The highest BCUT2D eigenvalue weighted by Crippen LogP contribution is 2.28. The number of aromatic nitrogens is 1. The number of aryl methyl sites for hydroxylation is 1. The van der Waals surface area contributed by atoms with E-state index in [9.17, 15) is 0 Å². The van der Waals surface area contributed by atoms with Gasteiger partial charge in [0.05, 0.1) is 0 Å². The first-order valence-corrected chi connectivity index (χ1v) is 8.63. The molecular formula is C18H18INO. The first kappa shape index (κ1) is 14.4. The van der Waals surface area contributed by atoms with Crippen molar-refractivity contribution in [2.45, 2.75) is 12.5 Å². The van der Waals surface area contributed by atoms with Gasteiger partial charge in [-0.3, -0.25) is 0 Å². The topological polar surface area (TPSA) is 14.2 Å². The lowest BCUT2D eigenvalue weighted by molar-refractivity contribution is 0.204. The lowest BCUT2D eigenvalue weighted by atomic mass is 10.1. The SMILES string of the molecule is Cn1ccc2cc(OC(CCI)c3ccccc3)ccc21. The number of rotatable bonds is 5. The predicted octanol–water partition coefficient (Wildman–Crippen LogP) is 5.12. The average Bonchev–Trinajstić information content (AvgIpc) is 2.89. The zero-order chi connectivity index (χ0) is 14.7. The summed E-state index contributed by atoms with van der Waals surface area (Å²) in [5.74, 6) is 0.937. The van der Waals surface area contributed by atoms with Gasteiger partial charge in [-0.1, -0.05) is 52.9 Å². The molecule has 1 aromatic heterocycles. The lowest BCUT2D eigenvalue weighted by Crippen LogP contribution is -2.08. The third-order valence-electron chi connectivity index (χ3n) is 3.68. The van der Waals surface area contributed by atoms with Crippen molar-refractivity contribution in [2.75, 3.05) is 4.43 Å². The second kappa shape index (κ2) is 6.52. The summed E-state index contributed by atoms with van der Waals surface area (Å²) in [7, 11) is 2.06. The fourth-order valence-corrected chi connectivity index (χ4v) is 3.12. The molecule has 1 atom stereocenters. The summed E-state index contributed by atoms with van der Waals surface area (Å²) in [4.78, 5) is 0. The van der Waals surface area contributed by atoms with Gasteiger partial charge in [0.1, 0.15) is 11.9 Å². The smallest absolute Gasteiger partial charge is 0.124 e. The number of fused-ring (bicyclic) bond motifs is 1. The van der Waals surface area contributed by atoms with Crippen LogP contribution in [0.3, 0.4) is 0 Å². The zero-order valence-corrected chi connectivity index (χ0v) is 14.2. The Morgan fingerprint density at radius 3 is 2.67 bits per heavy atom. The Morgan fingerprint density at radius 2 is 1.90 bits per heavy atom. The van der Waals surface area contributed by atoms with Crippen molar-refractivity contribution in [3.05, 3.63) is 66.4 Å². The van der Waals surface area contributed by atoms with Crippen LogP contribution < -0.4 is 4.74 Å². The second-order valence-corrected chi connectivity index (χ2v) is 6.22. The number of alkyl halides is 1. The molecule has 0 bridgehead atoms. The summed E-state index contributed by atoms with van der Waals surface area (Å²) in [6, 6.07) is 18.9. The van der Waals surface area contributed by atoms with Gasteiger partial charge in [-0.25, -0.2) is 0 Å². The van der Waals surface area contributed by atoms with E-state index in [2.05, 4.69) is 88.9 Å². The highest BCUT2D eigenvalue weighted by molar-refractivity contribution is 14.1. The standard InChI is InChI=1S/C18H18INO/c1-20-12-10-15-13-16(7-8-17(15)20)21-18(9-11-19)14-5-3-2-4-6-14/h2-8,10,12-13,18H,9,11H2,1H3. The van der Waals surface area contributed by atoms with E-state index in [1.807, 2.05) is 6.07 Å². The molecule has 0 saturated carbocycles. The van der Waals surface area contributed by atoms with Gasteiger partial charge in [-0.2, -0.15) is 0 Å². The molecule has 0 amide bonds. The van der Waals surface area contributed by atoms with Crippen LogP contribution in [0.2, 0.25) is 0 Å². The van der Waals surface area contributed by atoms with Gasteiger partial charge < -0.3 is 9.30 Å². The van der Waals surface area contributed by atoms with Crippen molar-refractivity contribution >= 4 is 33.5 Å². The minimum Gasteiger partial charge on any atom is -0.486 e. The molecule has 3 heteroatoms. The Balaban J connectivity index is 1.87. The number of hydrogen-bond acceptors (Lipinski definition) is 1. The molecule has 1 unspecified atom stereocenters. The van der Waals surface area contributed by atoms with E-state index in [1.54, 1.807) is 0 Å². The number of halogens is 1. The van der Waals surface area contributed by atoms with E-state index in [0.717, 1.165) is 16.6 Å². The molecule has 1 heterocycles. The first-order valence-electron chi connectivity index (χ1n) is 7.10. The summed E-state index contributed by atoms with van der Waals surface area (Å²) in [6.45, 7) is 0. The van der Waals surface area contributed by atoms with Crippen LogP contribution in [0, 0.1) is 0 Å². The molecule has 0 aliphatic rings. The van der Waals surface area contributed by atoms with Crippen LogP contribution in [-0.4, -0.2) is 8.99 Å². The lowest BCUT2D eigenvalue weighted by Gasteiger charge is -2.19. The molecule has 0 radical (unpaired) electrons. The summed E-state index contributed by atoms with van der Waals surface area (Å²) >= 11 is 2.41. The molecule has 0 saturated heterocycles. The fourth-order valence-electron chi connectivity index (χ4n) is 2.56. The maximum absolute atomic E-state index is 6.24. The molecule has 0 aliphatic carbocycles. The van der Waals surface area contributed by atoms with Gasteiger partial charge in [-0.05, 0) is 36.2 Å². The van der Waals surface area contributed by atoms with Crippen molar-refractivity contribution < 1.29 is 4.74 Å². The molecule has 0 N–H and O–H groups in total. The van der Waals surface area contributed by atoms with Gasteiger partial charge in [0, 0.05) is 28.6 Å². The Labute approximate surface area is 138 Å². The van der Waals surface area contributed by atoms with Crippen LogP contribution in [-0.2, 0) is 7.05 Å². The monoisotopic (exact) mass is 391 g/mol. The first-order chi connectivity index (χ1) is 10.3. The van der Waals surface area contributed by atoms with Crippen molar-refractivity contribution in [1.82, 2.24) is 4.57 Å². The second-order valence-electron chi connectivity index (χ2n) is 5.14. The molecule has 2 nitrogen and oxygen atoms in total. The van der Waals surface area contributed by atoms with Crippen molar-refractivity contribution in [2.24, 2.45) is 7.05 Å². The van der Waals surface area contributed by atoms with Crippen molar-refractivity contribution in [3.8, 4) is 5.75 Å². The number of ether oxygens (including phenoxy) is 1. The Kier molecular flexibility index (Phi) is 4.48. The summed E-state index contributed by atoms with van der Waals surface area (Å²) in [5, 5.41) is 1.22. The molecule has 0 spiro atoms. The fraction of sp³-hybridized carbons (Fsp3) is 0.222. The minimum absolute atomic E-state index is 0.115. The van der Waals surface area contributed by atoms with Crippen LogP contribution in [0.15, 0.2) is 60.8 Å². The molecule has 3 aromatic rings. The molecule has 2 aromatic carbocycles. The highest BCUT2D eigenvalue weighted by Gasteiger charge is 2.13. The van der Waals surface area contributed by atoms with Crippen molar-refractivity contribution in [3.63, 3.8) is 0 Å². The van der Waals surface area contributed by atoms with E-state index in [1.165, 1.54) is 16.5 Å². The zero-order valence-electron chi connectivity index (χ0n) is 12.0. The van der Waals surface area contributed by atoms with E-state index in [-0.39, 0.29) is 6.10 Å². The maximum atomic E-state index is 6.24. The third-order valence-corrected chi connectivity index (χ3v) is 4.30. The van der Waals surface area contributed by atoms with E-state index >= 15 is 0 Å². The van der Waals surface area contributed by atoms with E-state index in [4.69, 9.17) is 4.74 Å². The van der Waals surface area contributed by atoms with Gasteiger partial charge in [0.2, 0.25) is 0 Å². The Morgan fingerprint density at radius 1 is 1.10 bits per heavy atom. The minimum atomic E-state index is 0.115. The van der Waals surface area contributed by atoms with Gasteiger partial charge in [0.25, 0.3) is 0 Å². The highest BCUT2D eigenvalue weighted by atomic mass is 127. The van der Waals surface area contributed by atoms with E-state index in [0.29, 0.717) is 0 Å². The van der Waals surface area contributed by atoms with Crippen LogP contribution in [0.4, 0.5) is 0 Å².